The van der Waals surface area contributed by atoms with Crippen molar-refractivity contribution >= 4 is 10.0 Å². The molecule has 74 valence electrons. The molecule has 1 N–H and O–H groups in total. The van der Waals surface area contributed by atoms with Crippen LogP contribution in [0.15, 0.2) is 29.2 Å². The molecule has 0 atom stereocenters. The fraction of sp³-hybridized carbons (Fsp3) is 0.444. The number of rotatable bonds is 5. The van der Waals surface area contributed by atoms with E-state index in [9.17, 15) is 8.42 Å². The molecule has 0 fully saturated rings. The van der Waals surface area contributed by atoms with Crippen LogP contribution in [0.5, 0.6) is 0 Å². The van der Waals surface area contributed by atoms with Crippen LogP contribution in [0.4, 0.5) is 0 Å². The first-order valence-corrected chi connectivity index (χ1v) is 5.86. The van der Waals surface area contributed by atoms with Crippen molar-refractivity contribution in [1.82, 2.24) is 4.72 Å². The van der Waals surface area contributed by atoms with E-state index in [0.717, 1.165) is 12.8 Å². The molecule has 0 spiro atoms. The molecule has 0 aliphatic rings. The Morgan fingerprint density at radius 1 is 1.54 bits per heavy atom. The maximum Gasteiger partial charge on any atom is 0.216 e. The third-order valence-corrected chi connectivity index (χ3v) is 3.24. The van der Waals surface area contributed by atoms with Crippen molar-refractivity contribution < 1.29 is 8.42 Å². The van der Waals surface area contributed by atoms with Gasteiger partial charge in [-0.3, -0.25) is 0 Å². The van der Waals surface area contributed by atoms with Crippen LogP contribution in [0.3, 0.4) is 0 Å². The van der Waals surface area contributed by atoms with Crippen LogP contribution < -0.4 is 4.72 Å². The van der Waals surface area contributed by atoms with Crippen molar-refractivity contribution in [3.8, 4) is 0 Å². The quantitative estimate of drug-likeness (QED) is 0.578. The van der Waals surface area contributed by atoms with Crippen molar-refractivity contribution in [2.75, 3.05) is 6.54 Å². The predicted molar refractivity (Wildman–Crippen MR) is 52.1 cm³/mol. The lowest BCUT2D eigenvalue weighted by molar-refractivity contribution is 0.578. The van der Waals surface area contributed by atoms with Gasteiger partial charge in [0.2, 0.25) is 10.0 Å². The average molecular weight is 200 g/mol. The molecule has 0 aliphatic carbocycles. The Hall–Kier alpha value is -0.740. The zero-order chi connectivity index (χ0) is 9.73. The SMILES string of the molecule is CCCCNS(=O)(=O)c1ccc[cH-]1. The molecule has 4 heteroatoms. The van der Waals surface area contributed by atoms with Crippen molar-refractivity contribution in [3.63, 3.8) is 0 Å². The van der Waals surface area contributed by atoms with E-state index in [1.807, 2.05) is 6.92 Å². The third kappa shape index (κ3) is 2.90. The summed E-state index contributed by atoms with van der Waals surface area (Å²) in [6.45, 7) is 2.54. The standard InChI is InChI=1S/C9H14NO2S/c1-2-3-8-10-13(11,12)9-6-4-5-7-9/h4-7,10H,2-3,8H2,1H3/q-1. The zero-order valence-electron chi connectivity index (χ0n) is 7.66. The lowest BCUT2D eigenvalue weighted by Gasteiger charge is -2.06. The second-order valence-electron chi connectivity index (χ2n) is 2.87. The van der Waals surface area contributed by atoms with Gasteiger partial charge in [0.05, 0.1) is 0 Å². The molecular weight excluding hydrogens is 186 g/mol. The fourth-order valence-corrected chi connectivity index (χ4v) is 2.10. The second-order valence-corrected chi connectivity index (χ2v) is 4.64. The van der Waals surface area contributed by atoms with Gasteiger partial charge < -0.3 is 0 Å². The highest BCUT2D eigenvalue weighted by Gasteiger charge is 2.06. The molecular formula is C9H14NO2S-. The minimum atomic E-state index is -3.24. The van der Waals surface area contributed by atoms with E-state index in [1.54, 1.807) is 24.3 Å². The molecule has 1 aromatic rings. The van der Waals surface area contributed by atoms with Gasteiger partial charge in [-0.15, -0.1) is 0 Å². The minimum absolute atomic E-state index is 0.351. The van der Waals surface area contributed by atoms with Gasteiger partial charge in [0, 0.05) is 6.54 Å². The van der Waals surface area contributed by atoms with Crippen LogP contribution in [0, 0.1) is 0 Å². The van der Waals surface area contributed by atoms with Gasteiger partial charge in [0.25, 0.3) is 0 Å². The van der Waals surface area contributed by atoms with Gasteiger partial charge in [-0.25, -0.2) is 19.2 Å². The summed E-state index contributed by atoms with van der Waals surface area (Å²) in [6.07, 6.45) is 1.86. The Bertz CT molecular complexity index is 327. The normalized spacial score (nSPS) is 11.8. The summed E-state index contributed by atoms with van der Waals surface area (Å²) >= 11 is 0. The van der Waals surface area contributed by atoms with Gasteiger partial charge in [-0.05, 0) is 11.3 Å². The number of sulfonamides is 1. The van der Waals surface area contributed by atoms with Crippen LogP contribution in [-0.2, 0) is 10.0 Å². The minimum Gasteiger partial charge on any atom is -0.213 e. The van der Waals surface area contributed by atoms with Crippen LogP contribution in [-0.4, -0.2) is 15.0 Å². The van der Waals surface area contributed by atoms with E-state index >= 15 is 0 Å². The summed E-state index contributed by atoms with van der Waals surface area (Å²) in [6, 6.07) is 6.62. The molecule has 0 bridgehead atoms. The molecule has 0 saturated carbocycles. The van der Waals surface area contributed by atoms with E-state index in [0.29, 0.717) is 11.4 Å². The van der Waals surface area contributed by atoms with Gasteiger partial charge in [-0.2, -0.15) is 18.2 Å². The topological polar surface area (TPSA) is 46.2 Å². The summed E-state index contributed by atoms with van der Waals surface area (Å²) in [4.78, 5) is 0.351. The van der Waals surface area contributed by atoms with Crippen molar-refractivity contribution in [2.24, 2.45) is 0 Å². The summed E-state index contributed by atoms with van der Waals surface area (Å²) in [7, 11) is -3.24. The van der Waals surface area contributed by atoms with E-state index in [4.69, 9.17) is 0 Å². The highest BCUT2D eigenvalue weighted by molar-refractivity contribution is 7.89. The molecule has 1 aromatic carbocycles. The summed E-state index contributed by atoms with van der Waals surface area (Å²) in [5.41, 5.74) is 0. The molecule has 0 amide bonds. The first-order chi connectivity index (χ1) is 6.17. The molecule has 0 heterocycles. The Morgan fingerprint density at radius 3 is 2.85 bits per heavy atom. The number of unbranched alkanes of at least 4 members (excludes halogenated alkanes) is 1. The molecule has 0 unspecified atom stereocenters. The first kappa shape index (κ1) is 10.3. The van der Waals surface area contributed by atoms with E-state index in [2.05, 4.69) is 4.72 Å². The summed E-state index contributed by atoms with van der Waals surface area (Å²) in [5.74, 6) is 0. The van der Waals surface area contributed by atoms with Crippen LogP contribution >= 0.6 is 0 Å². The van der Waals surface area contributed by atoms with Gasteiger partial charge in [0.15, 0.2) is 0 Å². The lowest BCUT2D eigenvalue weighted by atomic mass is 10.3. The highest BCUT2D eigenvalue weighted by Crippen LogP contribution is 2.07. The first-order valence-electron chi connectivity index (χ1n) is 4.38. The fourth-order valence-electron chi connectivity index (χ4n) is 1.00. The number of hydrogen-bond donors (Lipinski definition) is 1. The van der Waals surface area contributed by atoms with Crippen molar-refractivity contribution in [3.05, 3.63) is 24.3 Å². The van der Waals surface area contributed by atoms with Crippen LogP contribution in [0.1, 0.15) is 19.8 Å². The van der Waals surface area contributed by atoms with Crippen LogP contribution in [0.2, 0.25) is 0 Å². The van der Waals surface area contributed by atoms with E-state index in [-0.39, 0.29) is 0 Å². The van der Waals surface area contributed by atoms with Gasteiger partial charge >= 0.3 is 0 Å². The number of hydrogen-bond acceptors (Lipinski definition) is 2. The monoisotopic (exact) mass is 200 g/mol. The third-order valence-electron chi connectivity index (χ3n) is 1.76. The zero-order valence-corrected chi connectivity index (χ0v) is 8.47. The van der Waals surface area contributed by atoms with Crippen LogP contribution in [0.25, 0.3) is 0 Å². The Morgan fingerprint density at radius 2 is 2.31 bits per heavy atom. The molecule has 0 aliphatic heterocycles. The van der Waals surface area contributed by atoms with E-state index in [1.165, 1.54) is 0 Å². The highest BCUT2D eigenvalue weighted by atomic mass is 32.2. The Balaban J connectivity index is 2.58. The predicted octanol–water partition coefficient (Wildman–Crippen LogP) is 1.48. The smallest absolute Gasteiger partial charge is 0.213 e. The van der Waals surface area contributed by atoms with Crippen molar-refractivity contribution in [2.45, 2.75) is 24.7 Å². The Labute approximate surface area is 79.2 Å². The molecule has 0 saturated heterocycles. The van der Waals surface area contributed by atoms with E-state index < -0.39 is 10.0 Å². The molecule has 0 radical (unpaired) electrons. The van der Waals surface area contributed by atoms with Crippen molar-refractivity contribution in [1.29, 1.82) is 0 Å². The van der Waals surface area contributed by atoms with Gasteiger partial charge in [-0.1, -0.05) is 13.3 Å². The van der Waals surface area contributed by atoms with Gasteiger partial charge in [0.1, 0.15) is 0 Å². The second kappa shape index (κ2) is 4.48. The molecule has 13 heavy (non-hydrogen) atoms. The average Bonchev–Trinajstić information content (AvgIpc) is 2.56. The molecule has 1 rings (SSSR count). The largest absolute Gasteiger partial charge is 0.216 e. The maximum absolute atomic E-state index is 11.5. The summed E-state index contributed by atoms with van der Waals surface area (Å²) in [5, 5.41) is 0. The molecule has 3 nitrogen and oxygen atoms in total. The number of nitrogens with one attached hydrogen (secondary N) is 1. The molecule has 0 aromatic heterocycles. The lowest BCUT2D eigenvalue weighted by Crippen LogP contribution is -2.24. The Kier molecular flexibility index (Phi) is 3.57. The summed E-state index contributed by atoms with van der Waals surface area (Å²) < 4.78 is 25.4. The maximum atomic E-state index is 11.5.